The third-order valence-corrected chi connectivity index (χ3v) is 3.96. The minimum absolute atomic E-state index is 0.0803. The predicted octanol–water partition coefficient (Wildman–Crippen LogP) is 0.954. The van der Waals surface area contributed by atoms with Crippen molar-refractivity contribution in [2.45, 2.75) is 13.3 Å². The summed E-state index contributed by atoms with van der Waals surface area (Å²) in [5.41, 5.74) is 0.536. The van der Waals surface area contributed by atoms with Crippen LogP contribution in [0.15, 0.2) is 18.2 Å². The Morgan fingerprint density at radius 2 is 2.12 bits per heavy atom. The molecule has 1 aromatic rings. The van der Waals surface area contributed by atoms with Crippen molar-refractivity contribution >= 4 is 35.0 Å². The van der Waals surface area contributed by atoms with Crippen LogP contribution in [0.5, 0.6) is 5.75 Å². The second-order valence-electron chi connectivity index (χ2n) is 5.39. The number of benzene rings is 1. The molecule has 24 heavy (non-hydrogen) atoms. The minimum Gasteiger partial charge on any atom is -0.495 e. The van der Waals surface area contributed by atoms with Gasteiger partial charge in [0.2, 0.25) is 17.7 Å². The predicted molar refractivity (Wildman–Crippen MR) is 90.2 cm³/mol. The maximum Gasteiger partial charge on any atom is 0.239 e. The first-order valence-electron chi connectivity index (χ1n) is 7.64. The van der Waals surface area contributed by atoms with E-state index < -0.39 is 5.92 Å². The van der Waals surface area contributed by atoms with Gasteiger partial charge in [-0.15, -0.1) is 0 Å². The number of amides is 3. The van der Waals surface area contributed by atoms with Crippen LogP contribution < -0.4 is 20.3 Å². The van der Waals surface area contributed by atoms with Crippen molar-refractivity contribution in [2.75, 3.05) is 31.6 Å². The zero-order valence-electron chi connectivity index (χ0n) is 13.6. The summed E-state index contributed by atoms with van der Waals surface area (Å²) in [6, 6.07) is 4.97. The summed E-state index contributed by atoms with van der Waals surface area (Å²) in [5, 5.41) is 5.62. The van der Waals surface area contributed by atoms with Crippen LogP contribution in [0.3, 0.4) is 0 Å². The van der Waals surface area contributed by atoms with E-state index in [9.17, 15) is 14.4 Å². The molecule has 8 heteroatoms. The molecule has 0 spiro atoms. The average Bonchev–Trinajstić information content (AvgIpc) is 2.94. The molecule has 1 atom stereocenters. The van der Waals surface area contributed by atoms with Gasteiger partial charge in [0.15, 0.2) is 0 Å². The Hall–Kier alpha value is -2.28. The number of hydrogen-bond acceptors (Lipinski definition) is 4. The molecule has 0 bridgehead atoms. The summed E-state index contributed by atoms with van der Waals surface area (Å²) in [5.74, 6) is -0.776. The van der Waals surface area contributed by atoms with Crippen molar-refractivity contribution in [1.29, 1.82) is 0 Å². The Kier molecular flexibility index (Phi) is 6.03. The lowest BCUT2D eigenvalue weighted by Crippen LogP contribution is -2.40. The third kappa shape index (κ3) is 4.17. The van der Waals surface area contributed by atoms with Crippen molar-refractivity contribution < 1.29 is 19.1 Å². The summed E-state index contributed by atoms with van der Waals surface area (Å²) < 4.78 is 5.26. The highest BCUT2D eigenvalue weighted by atomic mass is 35.5. The van der Waals surface area contributed by atoms with E-state index in [1.807, 2.05) is 0 Å². The number of carbonyl (C=O) groups excluding carboxylic acids is 3. The number of rotatable bonds is 6. The fourth-order valence-electron chi connectivity index (χ4n) is 2.56. The summed E-state index contributed by atoms with van der Waals surface area (Å²) in [7, 11) is 1.50. The van der Waals surface area contributed by atoms with Crippen LogP contribution in [0, 0.1) is 5.92 Å². The molecule has 1 fully saturated rings. The van der Waals surface area contributed by atoms with Gasteiger partial charge in [0.1, 0.15) is 5.75 Å². The van der Waals surface area contributed by atoms with Crippen LogP contribution in [0.1, 0.15) is 13.3 Å². The lowest BCUT2D eigenvalue weighted by molar-refractivity contribution is -0.128. The summed E-state index contributed by atoms with van der Waals surface area (Å²) in [6.45, 7) is 2.42. The molecular formula is C16H20ClN3O4. The Morgan fingerprint density at radius 3 is 2.79 bits per heavy atom. The molecule has 7 nitrogen and oxygen atoms in total. The van der Waals surface area contributed by atoms with Crippen molar-refractivity contribution in [1.82, 2.24) is 10.6 Å². The molecule has 0 unspecified atom stereocenters. The number of ether oxygens (including phenoxy) is 1. The molecule has 1 aliphatic rings. The lowest BCUT2D eigenvalue weighted by Gasteiger charge is -2.19. The minimum atomic E-state index is -0.518. The van der Waals surface area contributed by atoms with E-state index in [1.165, 1.54) is 12.0 Å². The smallest absolute Gasteiger partial charge is 0.239 e. The van der Waals surface area contributed by atoms with Crippen molar-refractivity contribution in [3.63, 3.8) is 0 Å². The van der Waals surface area contributed by atoms with Gasteiger partial charge in [-0.2, -0.15) is 0 Å². The maximum atomic E-state index is 12.3. The normalized spacial score (nSPS) is 16.9. The van der Waals surface area contributed by atoms with E-state index in [1.54, 1.807) is 25.1 Å². The first-order valence-corrected chi connectivity index (χ1v) is 8.02. The highest BCUT2D eigenvalue weighted by molar-refractivity contribution is 6.31. The molecule has 1 aliphatic heterocycles. The number of likely N-dealkylation sites (N-methyl/N-ethyl adjacent to an activating group) is 1. The van der Waals surface area contributed by atoms with Gasteiger partial charge < -0.3 is 20.3 Å². The second kappa shape index (κ2) is 8.01. The topological polar surface area (TPSA) is 87.7 Å². The zero-order chi connectivity index (χ0) is 17.7. The number of carbonyl (C=O) groups is 3. The lowest BCUT2D eigenvalue weighted by atomic mass is 10.1. The Bertz CT molecular complexity index is 650. The van der Waals surface area contributed by atoms with Crippen LogP contribution in [0.2, 0.25) is 5.02 Å². The largest absolute Gasteiger partial charge is 0.495 e. The summed E-state index contributed by atoms with van der Waals surface area (Å²) in [4.78, 5) is 37.3. The first kappa shape index (κ1) is 18.1. The number of anilines is 1. The Balaban J connectivity index is 2.04. The van der Waals surface area contributed by atoms with Crippen LogP contribution in [-0.4, -0.2) is 44.5 Å². The third-order valence-electron chi connectivity index (χ3n) is 3.72. The van der Waals surface area contributed by atoms with Crippen LogP contribution in [0.4, 0.5) is 5.69 Å². The van der Waals surface area contributed by atoms with Gasteiger partial charge in [-0.1, -0.05) is 11.6 Å². The molecule has 0 aliphatic carbocycles. The van der Waals surface area contributed by atoms with E-state index in [4.69, 9.17) is 16.3 Å². The van der Waals surface area contributed by atoms with Gasteiger partial charge in [-0.25, -0.2) is 0 Å². The highest BCUT2D eigenvalue weighted by Crippen LogP contribution is 2.35. The summed E-state index contributed by atoms with van der Waals surface area (Å²) >= 11 is 6.00. The zero-order valence-corrected chi connectivity index (χ0v) is 14.4. The van der Waals surface area contributed by atoms with E-state index in [0.717, 1.165) is 0 Å². The van der Waals surface area contributed by atoms with Gasteiger partial charge in [-0.05, 0) is 25.1 Å². The average molecular weight is 354 g/mol. The number of methoxy groups -OCH3 is 1. The van der Waals surface area contributed by atoms with E-state index in [0.29, 0.717) is 23.0 Å². The second-order valence-corrected chi connectivity index (χ2v) is 5.83. The van der Waals surface area contributed by atoms with Crippen molar-refractivity contribution in [2.24, 2.45) is 5.92 Å². The molecule has 3 amide bonds. The maximum absolute atomic E-state index is 12.3. The standard InChI is InChI=1S/C16H20ClN3O4/c1-3-18-14(21)8-19-16(23)10-6-15(22)20(9-10)12-7-11(17)4-5-13(12)24-2/h4-5,7,10H,3,6,8-9H2,1-2H3,(H,18,21)(H,19,23)/t10-/m0/s1. The van der Waals surface area contributed by atoms with Crippen LogP contribution in [0.25, 0.3) is 0 Å². The molecule has 130 valence electrons. The molecule has 0 saturated carbocycles. The van der Waals surface area contributed by atoms with Crippen molar-refractivity contribution in [3.05, 3.63) is 23.2 Å². The van der Waals surface area contributed by atoms with Crippen LogP contribution >= 0.6 is 11.6 Å². The van der Waals surface area contributed by atoms with Gasteiger partial charge in [0.25, 0.3) is 0 Å². The van der Waals surface area contributed by atoms with Gasteiger partial charge in [0.05, 0.1) is 25.3 Å². The molecule has 1 aromatic carbocycles. The quantitative estimate of drug-likeness (QED) is 0.797. The van der Waals surface area contributed by atoms with E-state index in [2.05, 4.69) is 10.6 Å². The van der Waals surface area contributed by atoms with E-state index >= 15 is 0 Å². The molecule has 0 radical (unpaired) electrons. The molecule has 1 saturated heterocycles. The number of nitrogens with one attached hydrogen (secondary N) is 2. The molecule has 1 heterocycles. The fraction of sp³-hybridized carbons (Fsp3) is 0.438. The Morgan fingerprint density at radius 1 is 1.38 bits per heavy atom. The van der Waals surface area contributed by atoms with E-state index in [-0.39, 0.29) is 37.2 Å². The first-order chi connectivity index (χ1) is 11.5. The molecule has 2 rings (SSSR count). The number of halogens is 1. The Labute approximate surface area is 145 Å². The van der Waals surface area contributed by atoms with Crippen molar-refractivity contribution in [3.8, 4) is 5.75 Å². The molecular weight excluding hydrogens is 334 g/mol. The number of nitrogens with zero attached hydrogens (tertiary/aromatic N) is 1. The fourth-order valence-corrected chi connectivity index (χ4v) is 2.73. The highest BCUT2D eigenvalue weighted by Gasteiger charge is 2.36. The van der Waals surface area contributed by atoms with Crippen LogP contribution in [-0.2, 0) is 14.4 Å². The molecule has 0 aromatic heterocycles. The van der Waals surface area contributed by atoms with Gasteiger partial charge >= 0.3 is 0 Å². The number of hydrogen-bond donors (Lipinski definition) is 2. The van der Waals surface area contributed by atoms with Gasteiger partial charge in [-0.3, -0.25) is 14.4 Å². The SMILES string of the molecule is CCNC(=O)CNC(=O)[C@H]1CC(=O)N(c2cc(Cl)ccc2OC)C1. The molecule has 2 N–H and O–H groups in total. The monoisotopic (exact) mass is 353 g/mol. The summed E-state index contributed by atoms with van der Waals surface area (Å²) in [6.07, 6.45) is 0.0803. The van der Waals surface area contributed by atoms with Gasteiger partial charge in [0, 0.05) is 24.5 Å².